The third-order valence-electron chi connectivity index (χ3n) is 3.89. The fourth-order valence-electron chi connectivity index (χ4n) is 2.46. The van der Waals surface area contributed by atoms with Crippen LogP contribution in [0.2, 0.25) is 0 Å². The molecule has 0 radical (unpaired) electrons. The minimum atomic E-state index is -0.821. The van der Waals surface area contributed by atoms with Crippen LogP contribution in [-0.2, 0) is 19.2 Å². The molecule has 2 N–H and O–H groups in total. The van der Waals surface area contributed by atoms with Crippen molar-refractivity contribution in [1.29, 1.82) is 0 Å². The molecule has 0 rings (SSSR count). The summed E-state index contributed by atoms with van der Waals surface area (Å²) in [5.41, 5.74) is -0.721. The topological polar surface area (TPSA) is 136 Å². The number of carboxylic acid groups (broad SMARTS) is 1. The zero-order valence-electron chi connectivity index (χ0n) is 19.1. The third-order valence-corrected chi connectivity index (χ3v) is 3.89. The van der Waals surface area contributed by atoms with Crippen molar-refractivity contribution in [1.82, 2.24) is 0 Å². The van der Waals surface area contributed by atoms with Crippen molar-refractivity contribution in [3.8, 4) is 0 Å². The van der Waals surface area contributed by atoms with Crippen molar-refractivity contribution in [2.24, 2.45) is 11.3 Å². The first-order chi connectivity index (χ1) is 13.0. The van der Waals surface area contributed by atoms with E-state index in [-0.39, 0.29) is 23.7 Å². The first-order valence-corrected chi connectivity index (χ1v) is 9.89. The predicted octanol–water partition coefficient (Wildman–Crippen LogP) is 3.99. The lowest BCUT2D eigenvalue weighted by Gasteiger charge is -2.27. The molecule has 29 heavy (non-hydrogen) atoms. The molecule has 0 fully saturated rings. The standard InChI is InChI=1S/C10H19NO5.C10H20O3/c1-8(16-11(13)14)6-5-7-9(12)15-10(2,3)4;1-7(11)5-6-8(9(12)13)10(2,3)4/h8H,5-7H2,1-4H3;7-8,11H,5-6H2,1-4H3,(H,12,13). The van der Waals surface area contributed by atoms with Crippen molar-refractivity contribution >= 4 is 11.9 Å². The maximum Gasteiger partial charge on any atom is 0.307 e. The number of nitrogens with zero attached hydrogens (tertiary/aromatic N) is 1. The molecule has 0 aromatic carbocycles. The number of rotatable bonds is 10. The molecule has 0 bridgehead atoms. The highest BCUT2D eigenvalue weighted by Crippen LogP contribution is 2.30. The van der Waals surface area contributed by atoms with Crippen LogP contribution in [0.5, 0.6) is 0 Å². The van der Waals surface area contributed by atoms with Gasteiger partial charge in [-0.1, -0.05) is 20.8 Å². The van der Waals surface area contributed by atoms with Gasteiger partial charge in [0.25, 0.3) is 5.09 Å². The normalized spacial score (nSPS) is 14.7. The minimum Gasteiger partial charge on any atom is -0.481 e. The van der Waals surface area contributed by atoms with Crippen LogP contribution < -0.4 is 0 Å². The average molecular weight is 422 g/mol. The zero-order valence-corrected chi connectivity index (χ0v) is 19.1. The lowest BCUT2D eigenvalue weighted by molar-refractivity contribution is -0.767. The zero-order chi connectivity index (χ0) is 23.4. The Morgan fingerprint density at radius 3 is 1.90 bits per heavy atom. The summed E-state index contributed by atoms with van der Waals surface area (Å²) in [4.78, 5) is 36.4. The van der Waals surface area contributed by atoms with Crippen LogP contribution in [0.4, 0.5) is 0 Å². The summed E-state index contributed by atoms with van der Waals surface area (Å²) in [6.07, 6.45) is 1.42. The van der Waals surface area contributed by atoms with Gasteiger partial charge in [-0.15, -0.1) is 10.1 Å². The molecule has 0 spiro atoms. The van der Waals surface area contributed by atoms with Gasteiger partial charge in [0.2, 0.25) is 0 Å². The molecule has 0 aliphatic heterocycles. The van der Waals surface area contributed by atoms with Crippen LogP contribution in [0.25, 0.3) is 0 Å². The molecule has 0 aromatic rings. The number of hydrogen-bond acceptors (Lipinski definition) is 7. The number of aliphatic hydroxyl groups excluding tert-OH is 1. The quantitative estimate of drug-likeness (QED) is 0.307. The molecule has 0 saturated heterocycles. The minimum absolute atomic E-state index is 0.235. The van der Waals surface area contributed by atoms with Crippen LogP contribution in [-0.4, -0.2) is 45.0 Å². The summed E-state index contributed by atoms with van der Waals surface area (Å²) in [7, 11) is 0. The SMILES string of the molecule is CC(CCCC(=O)OC(C)(C)C)O[N+](=O)[O-].CC(O)CCC(C(=O)O)C(C)(C)C. The Morgan fingerprint density at radius 2 is 1.55 bits per heavy atom. The van der Waals surface area contributed by atoms with Crippen molar-refractivity contribution in [3.63, 3.8) is 0 Å². The second kappa shape index (κ2) is 13.3. The summed E-state index contributed by atoms with van der Waals surface area (Å²) in [6.45, 7) is 14.4. The Morgan fingerprint density at radius 1 is 1.03 bits per heavy atom. The number of hydrogen-bond donors (Lipinski definition) is 2. The van der Waals surface area contributed by atoms with Gasteiger partial charge in [-0.2, -0.15) is 0 Å². The average Bonchev–Trinajstić information content (AvgIpc) is 2.42. The van der Waals surface area contributed by atoms with Gasteiger partial charge in [-0.3, -0.25) is 9.59 Å². The fraction of sp³-hybridized carbons (Fsp3) is 0.900. The van der Waals surface area contributed by atoms with E-state index in [2.05, 4.69) is 4.84 Å². The van der Waals surface area contributed by atoms with E-state index in [0.29, 0.717) is 25.7 Å². The van der Waals surface area contributed by atoms with E-state index in [4.69, 9.17) is 14.9 Å². The van der Waals surface area contributed by atoms with Gasteiger partial charge in [0.15, 0.2) is 0 Å². The van der Waals surface area contributed by atoms with Gasteiger partial charge in [-0.25, -0.2) is 0 Å². The van der Waals surface area contributed by atoms with E-state index in [1.54, 1.807) is 34.6 Å². The Kier molecular flexibility index (Phi) is 13.5. The second-order valence-electron chi connectivity index (χ2n) is 9.30. The number of carboxylic acids is 1. The van der Waals surface area contributed by atoms with E-state index in [9.17, 15) is 19.7 Å². The molecule has 0 heterocycles. The Labute approximate surface area is 173 Å². The van der Waals surface area contributed by atoms with E-state index in [1.165, 1.54) is 0 Å². The lowest BCUT2D eigenvalue weighted by Crippen LogP contribution is -2.29. The monoisotopic (exact) mass is 421 g/mol. The van der Waals surface area contributed by atoms with Crippen molar-refractivity contribution in [3.05, 3.63) is 10.1 Å². The highest BCUT2D eigenvalue weighted by atomic mass is 17.0. The Balaban J connectivity index is 0. The summed E-state index contributed by atoms with van der Waals surface area (Å²) in [5, 5.41) is 27.2. The molecule has 3 unspecified atom stereocenters. The van der Waals surface area contributed by atoms with Gasteiger partial charge in [-0.05, 0) is 65.7 Å². The maximum atomic E-state index is 11.3. The Bertz CT molecular complexity index is 506. The molecule has 3 atom stereocenters. The van der Waals surface area contributed by atoms with E-state index in [0.717, 1.165) is 0 Å². The smallest absolute Gasteiger partial charge is 0.307 e. The van der Waals surface area contributed by atoms with E-state index >= 15 is 0 Å². The van der Waals surface area contributed by atoms with E-state index < -0.39 is 28.9 Å². The number of ether oxygens (including phenoxy) is 1. The van der Waals surface area contributed by atoms with Gasteiger partial charge in [0.05, 0.1) is 12.0 Å². The number of aliphatic hydroxyl groups is 1. The summed E-state index contributed by atoms with van der Waals surface area (Å²) in [6, 6.07) is 0. The molecule has 0 aliphatic carbocycles. The van der Waals surface area contributed by atoms with Crippen LogP contribution in [0, 0.1) is 21.4 Å². The maximum absolute atomic E-state index is 11.3. The molecule has 9 heteroatoms. The van der Waals surface area contributed by atoms with Crippen LogP contribution >= 0.6 is 0 Å². The second-order valence-corrected chi connectivity index (χ2v) is 9.30. The van der Waals surface area contributed by atoms with Crippen molar-refractivity contribution in [2.75, 3.05) is 0 Å². The Hall–Kier alpha value is -1.90. The summed E-state index contributed by atoms with van der Waals surface area (Å²) in [5.74, 6) is -1.43. The molecule has 0 amide bonds. The largest absolute Gasteiger partial charge is 0.481 e. The number of aliphatic carboxylic acids is 1. The molecule has 9 nitrogen and oxygen atoms in total. The van der Waals surface area contributed by atoms with Crippen molar-refractivity contribution < 1.29 is 34.5 Å². The van der Waals surface area contributed by atoms with Crippen molar-refractivity contribution in [2.45, 2.75) is 105 Å². The lowest BCUT2D eigenvalue weighted by atomic mass is 9.78. The highest BCUT2D eigenvalue weighted by Gasteiger charge is 2.30. The fourth-order valence-corrected chi connectivity index (χ4v) is 2.46. The number of carbonyl (C=O) groups excluding carboxylic acids is 1. The molecular weight excluding hydrogens is 382 g/mol. The number of carbonyl (C=O) groups is 2. The van der Waals surface area contributed by atoms with Gasteiger partial charge in [0.1, 0.15) is 11.7 Å². The summed E-state index contributed by atoms with van der Waals surface area (Å²) >= 11 is 0. The van der Waals surface area contributed by atoms with E-state index in [1.807, 2.05) is 20.8 Å². The molecule has 0 saturated carbocycles. The molecule has 172 valence electrons. The molecular formula is C20H39NO8. The first-order valence-electron chi connectivity index (χ1n) is 9.89. The van der Waals surface area contributed by atoms with Gasteiger partial charge < -0.3 is 19.8 Å². The predicted molar refractivity (Wildman–Crippen MR) is 109 cm³/mol. The van der Waals surface area contributed by atoms with Crippen LogP contribution in [0.15, 0.2) is 0 Å². The first kappa shape index (κ1) is 29.3. The molecule has 0 aromatic heterocycles. The number of esters is 1. The third kappa shape index (κ3) is 19.2. The summed E-state index contributed by atoms with van der Waals surface area (Å²) < 4.78 is 5.09. The van der Waals surface area contributed by atoms with Gasteiger partial charge in [0, 0.05) is 6.42 Å². The van der Waals surface area contributed by atoms with Crippen LogP contribution in [0.1, 0.15) is 87.5 Å². The highest BCUT2D eigenvalue weighted by molar-refractivity contribution is 5.70. The van der Waals surface area contributed by atoms with Gasteiger partial charge >= 0.3 is 11.9 Å². The van der Waals surface area contributed by atoms with Crippen LogP contribution in [0.3, 0.4) is 0 Å². The molecule has 0 aliphatic rings.